The molecule has 0 spiro atoms. The molecule has 2 aliphatic heterocycles. The summed E-state index contributed by atoms with van der Waals surface area (Å²) in [7, 11) is 0. The quantitative estimate of drug-likeness (QED) is 0.736. The van der Waals surface area contributed by atoms with Crippen LogP contribution in [0.25, 0.3) is 0 Å². The highest BCUT2D eigenvalue weighted by molar-refractivity contribution is 7.82. The van der Waals surface area contributed by atoms with Gasteiger partial charge in [-0.3, -0.25) is 4.90 Å². The number of rotatable bonds is 0. The molecule has 6 heteroatoms. The minimum atomic E-state index is 0.0486. The Labute approximate surface area is 123 Å². The monoisotopic (exact) mass is 293 g/mol. The van der Waals surface area contributed by atoms with Crippen molar-refractivity contribution in [2.45, 2.75) is 26.0 Å². The summed E-state index contributed by atoms with van der Waals surface area (Å²) in [5.74, 6) is 0.862. The summed E-state index contributed by atoms with van der Waals surface area (Å²) in [5.41, 5.74) is 7.92. The first-order chi connectivity index (χ1) is 8.99. The van der Waals surface area contributed by atoms with Crippen molar-refractivity contribution < 1.29 is 4.74 Å². The molecule has 0 amide bonds. The summed E-state index contributed by atoms with van der Waals surface area (Å²) >= 11 is 10.6. The van der Waals surface area contributed by atoms with E-state index in [1.165, 1.54) is 5.56 Å². The van der Waals surface area contributed by atoms with Crippen LogP contribution in [0.2, 0.25) is 0 Å². The Morgan fingerprint density at radius 1 is 1.47 bits per heavy atom. The highest BCUT2D eigenvalue weighted by Crippen LogP contribution is 2.40. The van der Waals surface area contributed by atoms with E-state index in [1.54, 1.807) is 4.90 Å². The maximum atomic E-state index is 5.97. The smallest absolute Gasteiger partial charge is 0.183 e. The molecule has 0 aromatic heterocycles. The molecule has 0 aliphatic carbocycles. The van der Waals surface area contributed by atoms with Crippen LogP contribution in [-0.2, 0) is 0 Å². The third kappa shape index (κ3) is 1.86. The predicted octanol–water partition coefficient (Wildman–Crippen LogP) is 1.80. The molecule has 19 heavy (non-hydrogen) atoms. The molecule has 2 aliphatic rings. The second-order valence-electron chi connectivity index (χ2n) is 4.96. The molecule has 4 nitrogen and oxygen atoms in total. The molecular formula is C13H15N3OS2. The second-order valence-corrected chi connectivity index (χ2v) is 5.75. The standard InChI is InChI=1S/C13H15N3OS2/c1-7-3-4-11-9(5-7)16-10(8(2)17-11)6-15(12(14)18)13(16)19/h3-5,8,10H,6H2,1-2H3,(H2,14,18). The van der Waals surface area contributed by atoms with Crippen molar-refractivity contribution in [2.75, 3.05) is 11.4 Å². The van der Waals surface area contributed by atoms with Crippen LogP contribution in [0.3, 0.4) is 0 Å². The maximum absolute atomic E-state index is 5.97. The van der Waals surface area contributed by atoms with Gasteiger partial charge in [0, 0.05) is 0 Å². The Morgan fingerprint density at radius 2 is 2.21 bits per heavy atom. The van der Waals surface area contributed by atoms with Gasteiger partial charge in [-0.2, -0.15) is 0 Å². The number of aryl methyl sites for hydroxylation is 1. The van der Waals surface area contributed by atoms with Gasteiger partial charge >= 0.3 is 0 Å². The number of thiocarbonyl (C=S) groups is 2. The molecular weight excluding hydrogens is 278 g/mol. The highest BCUT2D eigenvalue weighted by atomic mass is 32.1. The number of nitrogens with zero attached hydrogens (tertiary/aromatic N) is 2. The molecule has 0 saturated carbocycles. The molecule has 3 rings (SSSR count). The van der Waals surface area contributed by atoms with Crippen molar-refractivity contribution in [1.29, 1.82) is 0 Å². The van der Waals surface area contributed by atoms with Crippen LogP contribution in [-0.4, -0.2) is 33.8 Å². The first-order valence-corrected chi connectivity index (χ1v) is 6.98. The summed E-state index contributed by atoms with van der Waals surface area (Å²) in [6.45, 7) is 4.78. The van der Waals surface area contributed by atoms with Gasteiger partial charge in [-0.1, -0.05) is 6.07 Å². The molecule has 100 valence electrons. The van der Waals surface area contributed by atoms with E-state index in [0.29, 0.717) is 16.8 Å². The predicted molar refractivity (Wildman–Crippen MR) is 83.6 cm³/mol. The van der Waals surface area contributed by atoms with E-state index < -0.39 is 0 Å². The molecule has 1 aromatic rings. The van der Waals surface area contributed by atoms with Crippen LogP contribution in [0.15, 0.2) is 18.2 Å². The average Bonchev–Trinajstić information content (AvgIpc) is 2.69. The first-order valence-electron chi connectivity index (χ1n) is 6.16. The van der Waals surface area contributed by atoms with Crippen LogP contribution in [0.5, 0.6) is 5.75 Å². The average molecular weight is 293 g/mol. The summed E-state index contributed by atoms with van der Waals surface area (Å²) < 4.78 is 5.97. The largest absolute Gasteiger partial charge is 0.486 e. The lowest BCUT2D eigenvalue weighted by Gasteiger charge is -2.36. The summed E-state index contributed by atoms with van der Waals surface area (Å²) in [6, 6.07) is 6.27. The SMILES string of the molecule is Cc1ccc2c(c1)N1C(=S)N(C(N)=S)CC1C(C)O2. The molecule has 1 saturated heterocycles. The number of nitrogens with two attached hydrogens (primary N) is 1. The van der Waals surface area contributed by atoms with E-state index in [9.17, 15) is 0 Å². The van der Waals surface area contributed by atoms with Crippen molar-refractivity contribution in [1.82, 2.24) is 4.90 Å². The zero-order valence-corrected chi connectivity index (χ0v) is 12.4. The van der Waals surface area contributed by atoms with Gasteiger partial charge in [0.05, 0.1) is 18.3 Å². The summed E-state index contributed by atoms with van der Waals surface area (Å²) in [6.07, 6.45) is 0.0486. The van der Waals surface area contributed by atoms with Crippen molar-refractivity contribution in [3.63, 3.8) is 0 Å². The van der Waals surface area contributed by atoms with Gasteiger partial charge in [-0.25, -0.2) is 0 Å². The first kappa shape index (κ1) is 12.6. The highest BCUT2D eigenvalue weighted by Gasteiger charge is 2.44. The topological polar surface area (TPSA) is 41.7 Å². The third-order valence-electron chi connectivity index (χ3n) is 3.63. The minimum absolute atomic E-state index is 0.0486. The van der Waals surface area contributed by atoms with Crippen LogP contribution in [0.4, 0.5) is 5.69 Å². The van der Waals surface area contributed by atoms with E-state index >= 15 is 0 Å². The van der Waals surface area contributed by atoms with Crippen LogP contribution in [0.1, 0.15) is 12.5 Å². The molecule has 1 aromatic carbocycles. The van der Waals surface area contributed by atoms with Crippen molar-refractivity contribution in [3.05, 3.63) is 23.8 Å². The molecule has 0 radical (unpaired) electrons. The molecule has 2 heterocycles. The van der Waals surface area contributed by atoms with Crippen molar-refractivity contribution >= 4 is 40.3 Å². The van der Waals surface area contributed by atoms with Crippen LogP contribution >= 0.6 is 24.4 Å². The van der Waals surface area contributed by atoms with Gasteiger partial charge in [0.15, 0.2) is 10.2 Å². The van der Waals surface area contributed by atoms with Crippen molar-refractivity contribution in [2.24, 2.45) is 5.73 Å². The summed E-state index contributed by atoms with van der Waals surface area (Å²) in [4.78, 5) is 3.91. The van der Waals surface area contributed by atoms with Gasteiger partial charge in [-0.05, 0) is 56.0 Å². The molecule has 2 unspecified atom stereocenters. The fourth-order valence-electron chi connectivity index (χ4n) is 2.64. The number of fused-ring (bicyclic) bond motifs is 3. The van der Waals surface area contributed by atoms with E-state index in [2.05, 4.69) is 17.9 Å². The lowest BCUT2D eigenvalue weighted by Crippen LogP contribution is -2.47. The lowest BCUT2D eigenvalue weighted by molar-refractivity contribution is 0.180. The number of anilines is 1. The Kier molecular flexibility index (Phi) is 2.87. The van der Waals surface area contributed by atoms with Gasteiger partial charge < -0.3 is 15.4 Å². The van der Waals surface area contributed by atoms with Gasteiger partial charge in [-0.15, -0.1) is 0 Å². The fourth-order valence-corrected chi connectivity index (χ4v) is 3.26. The normalized spacial score (nSPS) is 24.8. The van der Waals surface area contributed by atoms with Gasteiger partial charge in [0.25, 0.3) is 0 Å². The molecule has 0 bridgehead atoms. The Bertz CT molecular complexity index is 575. The Hall–Kier alpha value is -1.40. The molecule has 2 atom stereocenters. The van der Waals surface area contributed by atoms with Crippen LogP contribution < -0.4 is 15.4 Å². The number of benzene rings is 1. The molecule has 2 N–H and O–H groups in total. The van der Waals surface area contributed by atoms with Crippen LogP contribution in [0, 0.1) is 6.92 Å². The zero-order valence-electron chi connectivity index (χ0n) is 10.8. The van der Waals surface area contributed by atoms with E-state index in [4.69, 9.17) is 34.9 Å². The Morgan fingerprint density at radius 3 is 2.89 bits per heavy atom. The van der Waals surface area contributed by atoms with E-state index in [0.717, 1.165) is 11.4 Å². The summed E-state index contributed by atoms with van der Waals surface area (Å²) in [5, 5.41) is 0.986. The number of hydrogen-bond donors (Lipinski definition) is 1. The molecule has 1 fully saturated rings. The fraction of sp³-hybridized carbons (Fsp3) is 0.385. The van der Waals surface area contributed by atoms with Gasteiger partial charge in [0.1, 0.15) is 11.9 Å². The van der Waals surface area contributed by atoms with E-state index in [-0.39, 0.29) is 12.1 Å². The number of hydrogen-bond acceptors (Lipinski definition) is 3. The Balaban J connectivity index is 2.09. The zero-order chi connectivity index (χ0) is 13.7. The van der Waals surface area contributed by atoms with E-state index in [1.807, 2.05) is 19.1 Å². The lowest BCUT2D eigenvalue weighted by atomic mass is 10.1. The van der Waals surface area contributed by atoms with Gasteiger partial charge in [0.2, 0.25) is 0 Å². The second kappa shape index (κ2) is 4.31. The van der Waals surface area contributed by atoms with Crippen molar-refractivity contribution in [3.8, 4) is 5.75 Å². The number of ether oxygens (including phenoxy) is 1. The maximum Gasteiger partial charge on any atom is 0.183 e. The minimum Gasteiger partial charge on any atom is -0.486 e. The third-order valence-corrected chi connectivity index (χ3v) is 4.27.